The molecular weight excluding hydrogens is 200 g/mol. The first kappa shape index (κ1) is 12.3. The first-order chi connectivity index (χ1) is 7.57. The molecule has 0 aromatic heterocycles. The maximum atomic E-state index is 11.2. The smallest absolute Gasteiger partial charge is 0.154 e. The fraction of sp³-hybridized carbons (Fsp3) is 0.308. The number of benzene rings is 1. The van der Waals surface area contributed by atoms with Gasteiger partial charge in [-0.25, -0.2) is 0 Å². The monoisotopic (exact) mass is 218 g/mol. The topological polar surface area (TPSA) is 23.6 Å². The Hall–Kier alpha value is -1.77. The average molecular weight is 218 g/mol. The van der Waals surface area contributed by atoms with E-state index in [1.54, 1.807) is 0 Å². The van der Waals surface area contributed by atoms with E-state index in [4.69, 9.17) is 0 Å². The molecular formula is C13H18N2O. The van der Waals surface area contributed by atoms with E-state index in [2.05, 4.69) is 0 Å². The minimum Gasteiger partial charge on any atom is -0.364 e. The summed E-state index contributed by atoms with van der Waals surface area (Å²) in [5, 5.41) is 0. The normalized spacial score (nSPS) is 9.50. The minimum atomic E-state index is 0.704. The zero-order valence-corrected chi connectivity index (χ0v) is 10.3. The van der Waals surface area contributed by atoms with Crippen LogP contribution in [0.2, 0.25) is 0 Å². The summed E-state index contributed by atoms with van der Waals surface area (Å²) in [6.45, 7) is 0. The van der Waals surface area contributed by atoms with E-state index in [0.29, 0.717) is 5.57 Å². The second kappa shape index (κ2) is 5.35. The van der Waals surface area contributed by atoms with Gasteiger partial charge >= 0.3 is 0 Å². The van der Waals surface area contributed by atoms with E-state index in [1.807, 2.05) is 68.3 Å². The van der Waals surface area contributed by atoms with Crippen molar-refractivity contribution >= 4 is 11.9 Å². The summed E-state index contributed by atoms with van der Waals surface area (Å²) in [7, 11) is 7.73. The van der Waals surface area contributed by atoms with E-state index in [-0.39, 0.29) is 0 Å². The number of rotatable bonds is 4. The van der Waals surface area contributed by atoms with Gasteiger partial charge in [0.15, 0.2) is 6.29 Å². The summed E-state index contributed by atoms with van der Waals surface area (Å²) in [5.74, 6) is 0.904. The molecule has 0 unspecified atom stereocenters. The third-order valence-electron chi connectivity index (χ3n) is 2.29. The largest absolute Gasteiger partial charge is 0.364 e. The van der Waals surface area contributed by atoms with Gasteiger partial charge in [-0.15, -0.1) is 0 Å². The Morgan fingerprint density at radius 1 is 1.00 bits per heavy atom. The van der Waals surface area contributed by atoms with Gasteiger partial charge in [-0.1, -0.05) is 30.3 Å². The summed E-state index contributed by atoms with van der Waals surface area (Å²) in [5.41, 5.74) is 1.64. The van der Waals surface area contributed by atoms with Crippen LogP contribution in [-0.2, 0) is 4.79 Å². The third-order valence-corrected chi connectivity index (χ3v) is 2.29. The van der Waals surface area contributed by atoms with Gasteiger partial charge in [-0.2, -0.15) is 0 Å². The molecule has 0 amide bonds. The standard InChI is InChI=1S/C13H18N2O/c1-14(2)13(15(3)4)12(10-16)11-8-6-5-7-9-11/h5-10H,1-4H3. The van der Waals surface area contributed by atoms with Crippen molar-refractivity contribution in [3.63, 3.8) is 0 Å². The van der Waals surface area contributed by atoms with Crippen LogP contribution < -0.4 is 0 Å². The molecule has 0 fully saturated rings. The highest BCUT2D eigenvalue weighted by Gasteiger charge is 2.12. The van der Waals surface area contributed by atoms with Crippen molar-refractivity contribution < 1.29 is 4.79 Å². The molecule has 0 bridgehead atoms. The Morgan fingerprint density at radius 2 is 1.50 bits per heavy atom. The van der Waals surface area contributed by atoms with Crippen LogP contribution in [0.1, 0.15) is 5.56 Å². The van der Waals surface area contributed by atoms with E-state index in [9.17, 15) is 4.79 Å². The van der Waals surface area contributed by atoms with Crippen LogP contribution >= 0.6 is 0 Å². The molecule has 0 aliphatic rings. The van der Waals surface area contributed by atoms with E-state index < -0.39 is 0 Å². The van der Waals surface area contributed by atoms with Crippen molar-refractivity contribution in [3.05, 3.63) is 41.7 Å². The molecule has 0 spiro atoms. The fourth-order valence-electron chi connectivity index (χ4n) is 1.75. The molecule has 0 radical (unpaired) electrons. The second-order valence-electron chi connectivity index (χ2n) is 4.01. The maximum Gasteiger partial charge on any atom is 0.154 e. The van der Waals surface area contributed by atoms with Crippen LogP contribution in [0.25, 0.3) is 5.57 Å². The molecule has 1 rings (SSSR count). The summed E-state index contributed by atoms with van der Waals surface area (Å²) >= 11 is 0. The first-order valence-electron chi connectivity index (χ1n) is 5.17. The lowest BCUT2D eigenvalue weighted by Crippen LogP contribution is -2.26. The quantitative estimate of drug-likeness (QED) is 0.567. The van der Waals surface area contributed by atoms with Crippen molar-refractivity contribution in [2.45, 2.75) is 0 Å². The molecule has 3 heteroatoms. The van der Waals surface area contributed by atoms with Gasteiger partial charge in [0, 0.05) is 28.2 Å². The molecule has 0 saturated heterocycles. The van der Waals surface area contributed by atoms with Crippen molar-refractivity contribution in [1.82, 2.24) is 9.80 Å². The molecule has 86 valence electrons. The Labute approximate surface area is 97.0 Å². The van der Waals surface area contributed by atoms with Crippen LogP contribution in [0.15, 0.2) is 36.2 Å². The number of carbonyl (C=O) groups excluding carboxylic acids is 1. The van der Waals surface area contributed by atoms with Gasteiger partial charge in [-0.05, 0) is 5.56 Å². The second-order valence-corrected chi connectivity index (χ2v) is 4.01. The summed E-state index contributed by atoms with van der Waals surface area (Å²) in [6.07, 6.45) is 0.907. The van der Waals surface area contributed by atoms with Crippen molar-refractivity contribution in [2.75, 3.05) is 28.2 Å². The maximum absolute atomic E-state index is 11.2. The predicted octanol–water partition coefficient (Wildman–Crippen LogP) is 1.68. The molecule has 3 nitrogen and oxygen atoms in total. The average Bonchev–Trinajstić information content (AvgIpc) is 2.25. The molecule has 1 aromatic rings. The lowest BCUT2D eigenvalue weighted by Gasteiger charge is -2.26. The molecule has 1 aromatic carbocycles. The van der Waals surface area contributed by atoms with Crippen LogP contribution in [0.3, 0.4) is 0 Å². The summed E-state index contributed by atoms with van der Waals surface area (Å²) in [4.78, 5) is 15.1. The number of nitrogens with zero attached hydrogens (tertiary/aromatic N) is 2. The molecule has 0 aliphatic carbocycles. The van der Waals surface area contributed by atoms with Gasteiger partial charge in [0.05, 0.1) is 5.57 Å². The van der Waals surface area contributed by atoms with E-state index >= 15 is 0 Å². The lowest BCUT2D eigenvalue weighted by atomic mass is 10.1. The predicted molar refractivity (Wildman–Crippen MR) is 66.8 cm³/mol. The fourth-order valence-corrected chi connectivity index (χ4v) is 1.75. The van der Waals surface area contributed by atoms with E-state index in [1.165, 1.54) is 0 Å². The number of hydrogen-bond acceptors (Lipinski definition) is 3. The molecule has 0 N–H and O–H groups in total. The van der Waals surface area contributed by atoms with Crippen molar-refractivity contribution in [1.29, 1.82) is 0 Å². The van der Waals surface area contributed by atoms with E-state index in [0.717, 1.165) is 17.7 Å². The summed E-state index contributed by atoms with van der Waals surface area (Å²) in [6, 6.07) is 9.69. The van der Waals surface area contributed by atoms with Gasteiger partial charge in [0.1, 0.15) is 5.82 Å². The number of allylic oxidation sites excluding steroid dienone is 1. The SMILES string of the molecule is CN(C)C(=C(C=O)c1ccccc1)N(C)C. The first-order valence-corrected chi connectivity index (χ1v) is 5.17. The van der Waals surface area contributed by atoms with Gasteiger partial charge < -0.3 is 9.80 Å². The number of hydrogen-bond donors (Lipinski definition) is 0. The van der Waals surface area contributed by atoms with Gasteiger partial charge in [0.25, 0.3) is 0 Å². The molecule has 0 atom stereocenters. The highest BCUT2D eigenvalue weighted by Crippen LogP contribution is 2.19. The molecule has 0 heterocycles. The molecule has 0 saturated carbocycles. The Balaban J connectivity index is 3.32. The zero-order chi connectivity index (χ0) is 12.1. The lowest BCUT2D eigenvalue weighted by molar-refractivity contribution is -0.103. The number of aldehydes is 1. The molecule has 0 aliphatic heterocycles. The Morgan fingerprint density at radius 3 is 1.88 bits per heavy atom. The third kappa shape index (κ3) is 2.63. The van der Waals surface area contributed by atoms with Crippen LogP contribution in [0.4, 0.5) is 0 Å². The van der Waals surface area contributed by atoms with Crippen LogP contribution in [-0.4, -0.2) is 44.3 Å². The van der Waals surface area contributed by atoms with Gasteiger partial charge in [0.2, 0.25) is 0 Å². The number of carbonyl (C=O) groups is 1. The van der Waals surface area contributed by atoms with Crippen LogP contribution in [0, 0.1) is 0 Å². The molecule has 16 heavy (non-hydrogen) atoms. The Kier molecular flexibility index (Phi) is 4.11. The highest BCUT2D eigenvalue weighted by molar-refractivity contribution is 6.07. The van der Waals surface area contributed by atoms with Gasteiger partial charge in [-0.3, -0.25) is 4.79 Å². The van der Waals surface area contributed by atoms with Crippen molar-refractivity contribution in [3.8, 4) is 0 Å². The minimum absolute atomic E-state index is 0.704. The van der Waals surface area contributed by atoms with Crippen molar-refractivity contribution in [2.24, 2.45) is 0 Å². The van der Waals surface area contributed by atoms with Crippen LogP contribution in [0.5, 0.6) is 0 Å². The highest BCUT2D eigenvalue weighted by atomic mass is 16.1. The Bertz CT molecular complexity index is 370. The zero-order valence-electron chi connectivity index (χ0n) is 10.3. The summed E-state index contributed by atoms with van der Waals surface area (Å²) < 4.78 is 0.